The van der Waals surface area contributed by atoms with Crippen molar-refractivity contribution in [2.24, 2.45) is 0 Å². The van der Waals surface area contributed by atoms with E-state index in [4.69, 9.17) is 28.9 Å². The maximum atomic E-state index is 13.9. The van der Waals surface area contributed by atoms with Crippen LogP contribution in [-0.4, -0.2) is 5.91 Å². The summed E-state index contributed by atoms with van der Waals surface area (Å²) in [5, 5.41) is 1.90. The number of amides is 1. The van der Waals surface area contributed by atoms with Crippen LogP contribution in [0, 0.1) is 18.6 Å². The fraction of sp³-hybridized carbons (Fsp3) is 0.0714. The van der Waals surface area contributed by atoms with E-state index >= 15 is 0 Å². The zero-order chi connectivity index (χ0) is 15.7. The lowest BCUT2D eigenvalue weighted by Crippen LogP contribution is -2.15. The van der Waals surface area contributed by atoms with Gasteiger partial charge in [-0.15, -0.1) is 0 Å². The Balaban J connectivity index is 2.35. The van der Waals surface area contributed by atoms with Crippen molar-refractivity contribution in [2.45, 2.75) is 6.92 Å². The van der Waals surface area contributed by atoms with Gasteiger partial charge in [-0.1, -0.05) is 23.2 Å². The van der Waals surface area contributed by atoms with Gasteiger partial charge in [0.15, 0.2) is 5.82 Å². The topological polar surface area (TPSA) is 55.1 Å². The molecular weight excluding hydrogens is 321 g/mol. The normalized spacial score (nSPS) is 10.5. The van der Waals surface area contributed by atoms with Gasteiger partial charge in [-0.25, -0.2) is 8.78 Å². The number of nitrogen functional groups attached to an aromatic ring is 1. The number of aryl methyl sites for hydroxylation is 1. The predicted molar refractivity (Wildman–Crippen MR) is 79.9 cm³/mol. The molecule has 21 heavy (non-hydrogen) atoms. The van der Waals surface area contributed by atoms with Gasteiger partial charge >= 0.3 is 0 Å². The summed E-state index contributed by atoms with van der Waals surface area (Å²) in [7, 11) is 0. The van der Waals surface area contributed by atoms with E-state index < -0.39 is 17.5 Å². The third-order valence-corrected chi connectivity index (χ3v) is 3.31. The molecule has 7 heteroatoms. The Labute approximate surface area is 129 Å². The molecule has 3 N–H and O–H groups in total. The van der Waals surface area contributed by atoms with Gasteiger partial charge in [-0.3, -0.25) is 4.79 Å². The van der Waals surface area contributed by atoms with Gasteiger partial charge in [0.25, 0.3) is 5.91 Å². The molecule has 0 radical (unpaired) electrons. The number of benzene rings is 2. The highest BCUT2D eigenvalue weighted by molar-refractivity contribution is 6.35. The molecule has 0 bridgehead atoms. The minimum absolute atomic E-state index is 0.149. The van der Waals surface area contributed by atoms with E-state index in [1.54, 1.807) is 0 Å². The Hall–Kier alpha value is -1.85. The van der Waals surface area contributed by atoms with Crippen LogP contribution in [0.2, 0.25) is 10.0 Å². The van der Waals surface area contributed by atoms with Crippen LogP contribution in [0.4, 0.5) is 20.2 Å². The Morgan fingerprint density at radius 3 is 2.24 bits per heavy atom. The largest absolute Gasteiger partial charge is 0.399 e. The minimum atomic E-state index is -0.790. The molecule has 0 aliphatic rings. The SMILES string of the molecule is Cc1cc(N)cc(C(=O)Nc2cc(Cl)c(F)c(Cl)c2)c1F. The standard InChI is InChI=1S/C14H10Cl2F2N2O/c1-6-2-7(19)3-9(12(6)17)14(21)20-8-4-10(15)13(18)11(16)5-8/h2-5H,19H2,1H3,(H,20,21). The van der Waals surface area contributed by atoms with Crippen LogP contribution in [0.25, 0.3) is 0 Å². The van der Waals surface area contributed by atoms with Crippen LogP contribution in [-0.2, 0) is 0 Å². The monoisotopic (exact) mass is 330 g/mol. The van der Waals surface area contributed by atoms with Gasteiger partial charge in [-0.05, 0) is 36.8 Å². The first-order valence-corrected chi connectivity index (χ1v) is 6.56. The molecule has 0 atom stereocenters. The van der Waals surface area contributed by atoms with Crippen molar-refractivity contribution < 1.29 is 13.6 Å². The van der Waals surface area contributed by atoms with Crippen molar-refractivity contribution in [3.05, 3.63) is 57.1 Å². The molecule has 0 saturated carbocycles. The van der Waals surface area contributed by atoms with E-state index in [1.165, 1.54) is 31.2 Å². The first kappa shape index (κ1) is 15.5. The second-order valence-corrected chi connectivity index (χ2v) is 5.22. The van der Waals surface area contributed by atoms with Crippen molar-refractivity contribution in [3.8, 4) is 0 Å². The number of anilines is 2. The van der Waals surface area contributed by atoms with Crippen LogP contribution >= 0.6 is 23.2 Å². The molecule has 0 spiro atoms. The molecular formula is C14H10Cl2F2N2O. The van der Waals surface area contributed by atoms with Gasteiger partial charge in [0.1, 0.15) is 5.82 Å². The quantitative estimate of drug-likeness (QED) is 0.632. The molecule has 2 aromatic rings. The van der Waals surface area contributed by atoms with Crippen LogP contribution in [0.1, 0.15) is 15.9 Å². The Morgan fingerprint density at radius 1 is 1.10 bits per heavy atom. The molecule has 0 saturated heterocycles. The number of rotatable bonds is 2. The lowest BCUT2D eigenvalue weighted by Gasteiger charge is -2.10. The number of nitrogens with one attached hydrogen (secondary N) is 1. The first-order chi connectivity index (χ1) is 9.79. The number of carbonyl (C=O) groups is 1. The molecule has 0 fully saturated rings. The van der Waals surface area contributed by atoms with Gasteiger partial charge in [0, 0.05) is 11.4 Å². The average molecular weight is 331 g/mol. The zero-order valence-electron chi connectivity index (χ0n) is 10.8. The van der Waals surface area contributed by atoms with Crippen molar-refractivity contribution >= 4 is 40.5 Å². The third kappa shape index (κ3) is 3.25. The highest BCUT2D eigenvalue weighted by atomic mass is 35.5. The lowest BCUT2D eigenvalue weighted by atomic mass is 10.1. The highest BCUT2D eigenvalue weighted by Crippen LogP contribution is 2.28. The van der Waals surface area contributed by atoms with Crippen molar-refractivity contribution in [2.75, 3.05) is 11.1 Å². The molecule has 0 unspecified atom stereocenters. The van der Waals surface area contributed by atoms with Crippen LogP contribution in [0.15, 0.2) is 24.3 Å². The number of carbonyl (C=O) groups excluding carboxylic acids is 1. The van der Waals surface area contributed by atoms with Gasteiger partial charge in [0.05, 0.1) is 15.6 Å². The molecule has 0 aliphatic heterocycles. The molecule has 2 rings (SSSR count). The molecule has 0 aromatic heterocycles. The summed E-state index contributed by atoms with van der Waals surface area (Å²) < 4.78 is 27.2. The molecule has 0 aliphatic carbocycles. The van der Waals surface area contributed by atoms with Crippen LogP contribution < -0.4 is 11.1 Å². The number of halogens is 4. The molecule has 3 nitrogen and oxygen atoms in total. The molecule has 0 heterocycles. The minimum Gasteiger partial charge on any atom is -0.399 e. The first-order valence-electron chi connectivity index (χ1n) is 5.81. The van der Waals surface area contributed by atoms with E-state index in [2.05, 4.69) is 5.32 Å². The molecule has 2 aromatic carbocycles. The summed E-state index contributed by atoms with van der Waals surface area (Å²) in [5.74, 6) is -2.20. The number of hydrogen-bond donors (Lipinski definition) is 2. The van der Waals surface area contributed by atoms with Gasteiger partial charge < -0.3 is 11.1 Å². The Bertz CT molecular complexity index is 712. The fourth-order valence-electron chi connectivity index (χ4n) is 1.79. The smallest absolute Gasteiger partial charge is 0.258 e. The van der Waals surface area contributed by atoms with Gasteiger partial charge in [0.2, 0.25) is 0 Å². The van der Waals surface area contributed by atoms with E-state index in [0.717, 1.165) is 0 Å². The van der Waals surface area contributed by atoms with Crippen LogP contribution in [0.5, 0.6) is 0 Å². The van der Waals surface area contributed by atoms with Crippen molar-refractivity contribution in [1.29, 1.82) is 0 Å². The van der Waals surface area contributed by atoms with E-state index in [0.29, 0.717) is 0 Å². The maximum Gasteiger partial charge on any atom is 0.258 e. The van der Waals surface area contributed by atoms with Crippen molar-refractivity contribution in [3.63, 3.8) is 0 Å². The Morgan fingerprint density at radius 2 is 1.67 bits per heavy atom. The summed E-state index contributed by atoms with van der Waals surface area (Å²) >= 11 is 11.3. The van der Waals surface area contributed by atoms with Crippen molar-refractivity contribution in [1.82, 2.24) is 0 Å². The third-order valence-electron chi connectivity index (χ3n) is 2.76. The van der Waals surface area contributed by atoms with E-state index in [9.17, 15) is 13.6 Å². The number of nitrogens with two attached hydrogens (primary N) is 1. The predicted octanol–water partition coefficient (Wildman–Crippen LogP) is 4.41. The van der Waals surface area contributed by atoms with E-state index in [1.807, 2.05) is 0 Å². The zero-order valence-corrected chi connectivity index (χ0v) is 12.3. The van der Waals surface area contributed by atoms with Gasteiger partial charge in [-0.2, -0.15) is 0 Å². The average Bonchev–Trinajstić information content (AvgIpc) is 2.39. The lowest BCUT2D eigenvalue weighted by molar-refractivity contribution is 0.102. The maximum absolute atomic E-state index is 13.9. The Kier molecular flexibility index (Phi) is 4.34. The fourth-order valence-corrected chi connectivity index (χ4v) is 2.28. The summed E-state index contributed by atoms with van der Waals surface area (Å²) in [4.78, 5) is 12.1. The molecule has 110 valence electrons. The highest BCUT2D eigenvalue weighted by Gasteiger charge is 2.16. The summed E-state index contributed by atoms with van der Waals surface area (Å²) in [6.07, 6.45) is 0. The summed E-state index contributed by atoms with van der Waals surface area (Å²) in [6.45, 7) is 1.49. The number of hydrogen-bond acceptors (Lipinski definition) is 2. The second kappa shape index (κ2) is 5.87. The molecule has 1 amide bonds. The summed E-state index contributed by atoms with van der Waals surface area (Å²) in [6, 6.07) is 4.98. The summed E-state index contributed by atoms with van der Waals surface area (Å²) in [5.41, 5.74) is 6.02. The van der Waals surface area contributed by atoms with E-state index in [-0.39, 0.29) is 32.5 Å². The van der Waals surface area contributed by atoms with Crippen LogP contribution in [0.3, 0.4) is 0 Å². The second-order valence-electron chi connectivity index (χ2n) is 4.41.